The number of hydrogen-bond acceptors (Lipinski definition) is 5. The van der Waals surface area contributed by atoms with Gasteiger partial charge in [0, 0.05) is 36.2 Å². The molecule has 6 rings (SSSR count). The summed E-state index contributed by atoms with van der Waals surface area (Å²) >= 11 is 0. The number of carbonyl (C=O) groups excluding carboxylic acids is 1. The van der Waals surface area contributed by atoms with Gasteiger partial charge < -0.3 is 20.1 Å². The molecule has 2 aromatic carbocycles. The molecule has 0 bridgehead atoms. The maximum Gasteiger partial charge on any atom is 0.231 e. The summed E-state index contributed by atoms with van der Waals surface area (Å²) in [6.45, 7) is 4.11. The van der Waals surface area contributed by atoms with E-state index in [0.29, 0.717) is 18.5 Å². The Morgan fingerprint density at radius 3 is 2.70 bits per heavy atom. The average Bonchev–Trinajstić information content (AvgIpc) is 3.57. The summed E-state index contributed by atoms with van der Waals surface area (Å²) in [5.74, 6) is 2.18. The molecule has 0 radical (unpaired) electrons. The van der Waals surface area contributed by atoms with Gasteiger partial charge in [0.2, 0.25) is 12.7 Å². The van der Waals surface area contributed by atoms with Gasteiger partial charge in [0.1, 0.15) is 5.84 Å². The molecule has 0 saturated carbocycles. The summed E-state index contributed by atoms with van der Waals surface area (Å²) in [6, 6.07) is 14.7. The monoisotopic (exact) mass is 446 g/mol. The molecular weight excluding hydrogens is 416 g/mol. The minimum atomic E-state index is -0.0301. The fourth-order valence-corrected chi connectivity index (χ4v) is 6.77. The number of ether oxygens (including phenoxy) is 2. The van der Waals surface area contributed by atoms with Crippen LogP contribution in [0, 0.1) is 17.2 Å². The maximum absolute atomic E-state index is 14.0. The Morgan fingerprint density at radius 2 is 1.94 bits per heavy atom. The number of nitrogens with two attached hydrogens (primary N) is 1. The lowest BCUT2D eigenvalue weighted by Crippen LogP contribution is -2.41. The number of amidine groups is 1. The molecular formula is C26H30N4O3. The predicted molar refractivity (Wildman–Crippen MR) is 124 cm³/mol. The Bertz CT molecular complexity index is 1100. The molecule has 5 atom stereocenters. The molecule has 33 heavy (non-hydrogen) atoms. The first kappa shape index (κ1) is 20.5. The van der Waals surface area contributed by atoms with Gasteiger partial charge in [0.15, 0.2) is 11.5 Å². The quantitative estimate of drug-likeness (QED) is 0.543. The van der Waals surface area contributed by atoms with E-state index >= 15 is 0 Å². The van der Waals surface area contributed by atoms with Crippen LogP contribution in [0.5, 0.6) is 11.5 Å². The van der Waals surface area contributed by atoms with E-state index in [0.717, 1.165) is 47.6 Å². The van der Waals surface area contributed by atoms with E-state index in [1.54, 1.807) is 0 Å². The van der Waals surface area contributed by atoms with E-state index < -0.39 is 0 Å². The highest BCUT2D eigenvalue weighted by atomic mass is 16.7. The van der Waals surface area contributed by atoms with Gasteiger partial charge in [0.25, 0.3) is 0 Å². The lowest BCUT2D eigenvalue weighted by atomic mass is 9.81. The lowest BCUT2D eigenvalue weighted by molar-refractivity contribution is -0.134. The largest absolute Gasteiger partial charge is 0.454 e. The van der Waals surface area contributed by atoms with E-state index in [9.17, 15) is 4.79 Å². The molecule has 1 amide bonds. The molecule has 0 aliphatic carbocycles. The van der Waals surface area contributed by atoms with Crippen molar-refractivity contribution in [3.8, 4) is 11.5 Å². The smallest absolute Gasteiger partial charge is 0.231 e. The van der Waals surface area contributed by atoms with Gasteiger partial charge in [-0.05, 0) is 49.1 Å². The number of likely N-dealkylation sites (tertiary alicyclic amines) is 1. The molecule has 0 aromatic heterocycles. The second-order valence-corrected chi connectivity index (χ2v) is 9.66. The molecule has 7 nitrogen and oxygen atoms in total. The van der Waals surface area contributed by atoms with Gasteiger partial charge >= 0.3 is 0 Å². The third-order valence-corrected chi connectivity index (χ3v) is 8.08. The van der Waals surface area contributed by atoms with Gasteiger partial charge in [-0.2, -0.15) is 0 Å². The van der Waals surface area contributed by atoms with Crippen LogP contribution in [0.15, 0.2) is 42.5 Å². The fraction of sp³-hybridized carbons (Fsp3) is 0.462. The van der Waals surface area contributed by atoms with Gasteiger partial charge in [-0.15, -0.1) is 0 Å². The minimum absolute atomic E-state index is 0.0301. The molecule has 0 spiro atoms. The molecule has 172 valence electrons. The van der Waals surface area contributed by atoms with Crippen molar-refractivity contribution in [2.24, 2.45) is 17.6 Å². The third kappa shape index (κ3) is 3.13. The van der Waals surface area contributed by atoms with E-state index in [2.05, 4.69) is 28.9 Å². The van der Waals surface area contributed by atoms with Crippen LogP contribution in [-0.2, 0) is 11.3 Å². The summed E-state index contributed by atoms with van der Waals surface area (Å²) in [7, 11) is 0. The molecule has 2 aromatic rings. The van der Waals surface area contributed by atoms with Gasteiger partial charge in [-0.1, -0.05) is 37.3 Å². The number of rotatable bonds is 5. The van der Waals surface area contributed by atoms with Crippen molar-refractivity contribution < 1.29 is 14.3 Å². The Balaban J connectivity index is 1.33. The molecule has 0 unspecified atom stereocenters. The van der Waals surface area contributed by atoms with Crippen molar-refractivity contribution in [1.82, 2.24) is 9.80 Å². The zero-order valence-electron chi connectivity index (χ0n) is 18.9. The SMILES string of the molecule is CC[C@H]1[C@H]2[C@@H](C(=O)N1Cc1ccc3c(c1)OCO3)[C@@H](c1ccc(C(=N)N)cc1)N1CCC[C@H]21. The number of carbonyl (C=O) groups is 1. The van der Waals surface area contributed by atoms with Crippen LogP contribution < -0.4 is 15.2 Å². The second kappa shape index (κ2) is 7.76. The van der Waals surface area contributed by atoms with E-state index in [1.165, 1.54) is 6.42 Å². The number of hydrogen-bond donors (Lipinski definition) is 2. The van der Waals surface area contributed by atoms with Crippen molar-refractivity contribution in [2.75, 3.05) is 13.3 Å². The first-order valence-electron chi connectivity index (χ1n) is 12.0. The summed E-state index contributed by atoms with van der Waals surface area (Å²) < 4.78 is 11.0. The molecule has 7 heteroatoms. The fourth-order valence-electron chi connectivity index (χ4n) is 6.77. The summed E-state index contributed by atoms with van der Waals surface area (Å²) in [6.07, 6.45) is 3.30. The number of nitrogens with zero attached hydrogens (tertiary/aromatic N) is 2. The molecule has 3 N–H and O–H groups in total. The van der Waals surface area contributed by atoms with Gasteiger partial charge in [0.05, 0.1) is 5.92 Å². The number of fused-ring (bicyclic) bond motifs is 4. The van der Waals surface area contributed by atoms with E-state index in [4.69, 9.17) is 20.6 Å². The highest BCUT2D eigenvalue weighted by molar-refractivity contribution is 5.95. The Morgan fingerprint density at radius 1 is 1.15 bits per heavy atom. The van der Waals surface area contributed by atoms with Crippen LogP contribution in [0.1, 0.15) is 48.9 Å². The molecule has 4 aliphatic rings. The zero-order chi connectivity index (χ0) is 22.7. The Labute approximate surface area is 194 Å². The third-order valence-electron chi connectivity index (χ3n) is 8.08. The van der Waals surface area contributed by atoms with Crippen LogP contribution in [-0.4, -0.2) is 47.0 Å². The molecule has 4 heterocycles. The number of amides is 1. The van der Waals surface area contributed by atoms with Crippen LogP contribution in [0.4, 0.5) is 0 Å². The minimum Gasteiger partial charge on any atom is -0.454 e. The normalized spacial score (nSPS) is 30.0. The van der Waals surface area contributed by atoms with Crippen LogP contribution in [0.25, 0.3) is 0 Å². The zero-order valence-corrected chi connectivity index (χ0v) is 18.9. The van der Waals surface area contributed by atoms with Crippen molar-refractivity contribution in [3.05, 3.63) is 59.2 Å². The number of nitrogens with one attached hydrogen (secondary N) is 1. The second-order valence-electron chi connectivity index (χ2n) is 9.66. The van der Waals surface area contributed by atoms with Crippen LogP contribution >= 0.6 is 0 Å². The van der Waals surface area contributed by atoms with Gasteiger partial charge in [-0.3, -0.25) is 15.1 Å². The molecule has 3 fully saturated rings. The van der Waals surface area contributed by atoms with Crippen molar-refractivity contribution in [3.63, 3.8) is 0 Å². The summed E-state index contributed by atoms with van der Waals surface area (Å²) in [5.41, 5.74) is 8.63. The average molecular weight is 447 g/mol. The Hall–Kier alpha value is -3.06. The van der Waals surface area contributed by atoms with Crippen molar-refractivity contribution in [1.29, 1.82) is 5.41 Å². The topological polar surface area (TPSA) is 91.9 Å². The summed E-state index contributed by atoms with van der Waals surface area (Å²) in [5, 5.41) is 7.70. The summed E-state index contributed by atoms with van der Waals surface area (Å²) in [4.78, 5) is 18.7. The van der Waals surface area contributed by atoms with Crippen molar-refractivity contribution in [2.45, 2.75) is 50.9 Å². The number of nitrogen functional groups attached to an aromatic ring is 1. The van der Waals surface area contributed by atoms with E-state index in [1.807, 2.05) is 30.3 Å². The van der Waals surface area contributed by atoms with Crippen molar-refractivity contribution >= 4 is 11.7 Å². The van der Waals surface area contributed by atoms with Crippen LogP contribution in [0.3, 0.4) is 0 Å². The molecule has 4 aliphatic heterocycles. The highest BCUT2D eigenvalue weighted by Crippen LogP contribution is 2.55. The molecule has 3 saturated heterocycles. The lowest BCUT2D eigenvalue weighted by Gasteiger charge is -2.33. The Kier molecular flexibility index (Phi) is 4.83. The predicted octanol–water partition coefficient (Wildman–Crippen LogP) is 3.27. The first-order chi connectivity index (χ1) is 16.1. The van der Waals surface area contributed by atoms with Gasteiger partial charge in [-0.25, -0.2) is 0 Å². The first-order valence-corrected chi connectivity index (χ1v) is 12.0. The number of benzene rings is 2. The highest BCUT2D eigenvalue weighted by Gasteiger charge is 2.61. The van der Waals surface area contributed by atoms with Crippen LogP contribution in [0.2, 0.25) is 0 Å². The van der Waals surface area contributed by atoms with E-state index in [-0.39, 0.29) is 36.5 Å². The standard InChI is InChI=1S/C26H30N4O3/c1-2-18-22-19-4-3-11-29(19)24(16-6-8-17(9-7-16)25(27)28)23(22)26(31)30(18)13-15-5-10-20-21(12-15)33-14-32-20/h5-10,12,18-19,22-24H,2-4,11,13-14H2,1H3,(H3,27,28)/t18-,19+,22+,23+,24+/m0/s1. The maximum atomic E-state index is 14.0.